The van der Waals surface area contributed by atoms with E-state index < -0.39 is 6.10 Å². The predicted molar refractivity (Wildman–Crippen MR) is 55.7 cm³/mol. The molecule has 1 aromatic rings. The van der Waals surface area contributed by atoms with Crippen LogP contribution < -0.4 is 4.74 Å². The molecule has 0 saturated heterocycles. The van der Waals surface area contributed by atoms with E-state index in [1.807, 2.05) is 19.9 Å². The zero-order chi connectivity index (χ0) is 10.3. The van der Waals surface area contributed by atoms with Crippen molar-refractivity contribution in [2.24, 2.45) is 0 Å². The molecule has 1 atom stereocenters. The van der Waals surface area contributed by atoms with E-state index >= 15 is 0 Å². The molecule has 0 aromatic heterocycles. The van der Waals surface area contributed by atoms with Crippen molar-refractivity contribution in [1.82, 2.24) is 0 Å². The molecule has 0 spiro atoms. The fourth-order valence-corrected chi connectivity index (χ4v) is 1.95. The van der Waals surface area contributed by atoms with E-state index in [1.54, 1.807) is 12.1 Å². The minimum absolute atomic E-state index is 0.322. The third-order valence-electron chi connectivity index (χ3n) is 2.41. The lowest BCUT2D eigenvalue weighted by molar-refractivity contribution is 0.0116. The fourth-order valence-electron chi connectivity index (χ4n) is 1.79. The van der Waals surface area contributed by atoms with Crippen molar-refractivity contribution in [2.45, 2.75) is 32.0 Å². The second kappa shape index (κ2) is 3.14. The Morgan fingerprint density at radius 1 is 1.50 bits per heavy atom. The maximum Gasteiger partial charge on any atom is 0.127 e. The summed E-state index contributed by atoms with van der Waals surface area (Å²) in [6.45, 7) is 3.92. The molecule has 1 aromatic carbocycles. The van der Waals surface area contributed by atoms with Gasteiger partial charge in [0.15, 0.2) is 0 Å². The maximum atomic E-state index is 9.86. The van der Waals surface area contributed by atoms with Crippen LogP contribution in [0.1, 0.15) is 31.9 Å². The van der Waals surface area contributed by atoms with Gasteiger partial charge >= 0.3 is 0 Å². The van der Waals surface area contributed by atoms with Gasteiger partial charge in [0.05, 0.1) is 6.10 Å². The lowest BCUT2D eigenvalue weighted by atomic mass is 9.92. The van der Waals surface area contributed by atoms with Gasteiger partial charge in [0.2, 0.25) is 0 Å². The maximum absolute atomic E-state index is 9.86. The Kier molecular flexibility index (Phi) is 2.20. The van der Waals surface area contributed by atoms with Crippen molar-refractivity contribution >= 4 is 11.6 Å². The molecule has 1 heterocycles. The standard InChI is InChI=1S/C11H13ClO2/c1-11(2)6-9(13)8-4-3-7(12)5-10(8)14-11/h3-5,9,13H,6H2,1-2H3/t9-/m1/s1. The van der Waals surface area contributed by atoms with E-state index in [9.17, 15) is 5.11 Å². The second-order valence-corrected chi connectivity index (χ2v) is 4.70. The molecule has 0 aliphatic carbocycles. The molecule has 3 heteroatoms. The molecule has 0 saturated carbocycles. The summed E-state index contributed by atoms with van der Waals surface area (Å²) in [5, 5.41) is 10.5. The van der Waals surface area contributed by atoms with E-state index in [4.69, 9.17) is 16.3 Å². The van der Waals surface area contributed by atoms with Crippen molar-refractivity contribution < 1.29 is 9.84 Å². The third kappa shape index (κ3) is 1.72. The molecular formula is C11H13ClO2. The Balaban J connectivity index is 2.46. The van der Waals surface area contributed by atoms with E-state index in [1.165, 1.54) is 0 Å². The minimum Gasteiger partial charge on any atom is -0.487 e. The van der Waals surface area contributed by atoms with Gasteiger partial charge in [0.25, 0.3) is 0 Å². The van der Waals surface area contributed by atoms with Crippen LogP contribution in [0.2, 0.25) is 5.02 Å². The summed E-state index contributed by atoms with van der Waals surface area (Å²) in [6.07, 6.45) is 0.160. The number of ether oxygens (including phenoxy) is 1. The average Bonchev–Trinajstić information content (AvgIpc) is 2.00. The van der Waals surface area contributed by atoms with E-state index in [2.05, 4.69) is 0 Å². The molecule has 2 rings (SSSR count). The quantitative estimate of drug-likeness (QED) is 0.717. The molecule has 0 radical (unpaired) electrons. The summed E-state index contributed by atoms with van der Waals surface area (Å²) in [5.74, 6) is 0.696. The van der Waals surface area contributed by atoms with Crippen LogP contribution in [0.5, 0.6) is 5.75 Å². The second-order valence-electron chi connectivity index (χ2n) is 4.26. The molecular weight excluding hydrogens is 200 g/mol. The lowest BCUT2D eigenvalue weighted by Gasteiger charge is -2.35. The number of hydrogen-bond acceptors (Lipinski definition) is 2. The highest BCUT2D eigenvalue weighted by Gasteiger charge is 2.32. The van der Waals surface area contributed by atoms with Crippen LogP contribution in [-0.2, 0) is 0 Å². The fraction of sp³-hybridized carbons (Fsp3) is 0.455. The predicted octanol–water partition coefficient (Wildman–Crippen LogP) is 2.93. The Bertz CT molecular complexity index is 360. The molecule has 1 aliphatic rings. The average molecular weight is 213 g/mol. The number of rotatable bonds is 0. The zero-order valence-electron chi connectivity index (χ0n) is 8.25. The summed E-state index contributed by atoms with van der Waals surface area (Å²) in [6, 6.07) is 5.34. The van der Waals surface area contributed by atoms with Gasteiger partial charge in [-0.25, -0.2) is 0 Å². The van der Waals surface area contributed by atoms with Gasteiger partial charge in [-0.15, -0.1) is 0 Å². The van der Waals surface area contributed by atoms with E-state index in [-0.39, 0.29) is 5.60 Å². The monoisotopic (exact) mass is 212 g/mol. The van der Waals surface area contributed by atoms with Gasteiger partial charge in [0.1, 0.15) is 11.4 Å². The Labute approximate surface area is 88.5 Å². The Morgan fingerprint density at radius 2 is 2.21 bits per heavy atom. The van der Waals surface area contributed by atoms with E-state index in [0.717, 1.165) is 5.56 Å². The van der Waals surface area contributed by atoms with Crippen LogP contribution in [0.4, 0.5) is 0 Å². The molecule has 0 bridgehead atoms. The Morgan fingerprint density at radius 3 is 2.93 bits per heavy atom. The zero-order valence-corrected chi connectivity index (χ0v) is 9.01. The smallest absolute Gasteiger partial charge is 0.127 e. The van der Waals surface area contributed by atoms with Gasteiger partial charge < -0.3 is 9.84 Å². The van der Waals surface area contributed by atoms with Gasteiger partial charge in [0, 0.05) is 17.0 Å². The summed E-state index contributed by atoms with van der Waals surface area (Å²) >= 11 is 5.86. The normalized spacial score (nSPS) is 23.9. The molecule has 1 aliphatic heterocycles. The molecule has 0 unspecified atom stereocenters. The van der Waals surface area contributed by atoms with Crippen LogP contribution in [0.3, 0.4) is 0 Å². The van der Waals surface area contributed by atoms with Gasteiger partial charge in [-0.3, -0.25) is 0 Å². The molecule has 14 heavy (non-hydrogen) atoms. The van der Waals surface area contributed by atoms with Gasteiger partial charge in [-0.05, 0) is 26.0 Å². The van der Waals surface area contributed by atoms with Crippen LogP contribution in [0, 0.1) is 0 Å². The highest BCUT2D eigenvalue weighted by atomic mass is 35.5. The van der Waals surface area contributed by atoms with Crippen LogP contribution in [0.15, 0.2) is 18.2 Å². The number of halogens is 1. The van der Waals surface area contributed by atoms with Crippen LogP contribution >= 0.6 is 11.6 Å². The van der Waals surface area contributed by atoms with Gasteiger partial charge in [-0.1, -0.05) is 17.7 Å². The van der Waals surface area contributed by atoms with Crippen molar-refractivity contribution in [3.63, 3.8) is 0 Å². The molecule has 1 N–H and O–H groups in total. The minimum atomic E-state index is -0.453. The SMILES string of the molecule is CC1(C)C[C@@H](O)c2ccc(Cl)cc2O1. The van der Waals surface area contributed by atoms with Crippen LogP contribution in [0.25, 0.3) is 0 Å². The first-order valence-corrected chi connectivity index (χ1v) is 5.02. The molecule has 2 nitrogen and oxygen atoms in total. The first-order chi connectivity index (χ1) is 6.48. The lowest BCUT2D eigenvalue weighted by Crippen LogP contribution is -2.34. The first-order valence-electron chi connectivity index (χ1n) is 4.64. The topological polar surface area (TPSA) is 29.5 Å². The summed E-state index contributed by atoms with van der Waals surface area (Å²) in [5.41, 5.74) is 0.505. The van der Waals surface area contributed by atoms with Crippen molar-refractivity contribution in [1.29, 1.82) is 0 Å². The van der Waals surface area contributed by atoms with Crippen molar-refractivity contribution in [3.8, 4) is 5.75 Å². The number of fused-ring (bicyclic) bond motifs is 1. The highest BCUT2D eigenvalue weighted by molar-refractivity contribution is 6.30. The number of aliphatic hydroxyl groups excluding tert-OH is 1. The molecule has 0 amide bonds. The summed E-state index contributed by atoms with van der Waals surface area (Å²) < 4.78 is 5.73. The Hall–Kier alpha value is -0.730. The molecule has 0 fully saturated rings. The van der Waals surface area contributed by atoms with Crippen LogP contribution in [-0.4, -0.2) is 10.7 Å². The first kappa shape index (κ1) is 9.81. The van der Waals surface area contributed by atoms with Gasteiger partial charge in [-0.2, -0.15) is 0 Å². The van der Waals surface area contributed by atoms with Crippen molar-refractivity contribution in [2.75, 3.05) is 0 Å². The number of hydrogen-bond donors (Lipinski definition) is 1. The molecule has 76 valence electrons. The summed E-state index contributed by atoms with van der Waals surface area (Å²) in [7, 11) is 0. The van der Waals surface area contributed by atoms with Crippen molar-refractivity contribution in [3.05, 3.63) is 28.8 Å². The summed E-state index contributed by atoms with van der Waals surface area (Å²) in [4.78, 5) is 0. The number of aliphatic hydroxyl groups is 1. The number of benzene rings is 1. The van der Waals surface area contributed by atoms with E-state index in [0.29, 0.717) is 17.2 Å². The largest absolute Gasteiger partial charge is 0.487 e. The third-order valence-corrected chi connectivity index (χ3v) is 2.64. The highest BCUT2D eigenvalue weighted by Crippen LogP contribution is 2.40.